The zero-order valence-electron chi connectivity index (χ0n) is 16.8. The Bertz CT molecular complexity index is 1280. The number of carbonyl (C=O) groups excluding carboxylic acids is 2. The monoisotopic (exact) mass is 483 g/mol. The van der Waals surface area contributed by atoms with Gasteiger partial charge in [-0.15, -0.1) is 0 Å². The molecule has 166 valence electrons. The van der Waals surface area contributed by atoms with Crippen LogP contribution < -0.4 is 9.96 Å². The van der Waals surface area contributed by atoms with Crippen LogP contribution in [0.1, 0.15) is 11.6 Å². The third-order valence-electron chi connectivity index (χ3n) is 5.72. The normalized spacial score (nSPS) is 22.1. The summed E-state index contributed by atoms with van der Waals surface area (Å²) in [6.45, 7) is 0. The van der Waals surface area contributed by atoms with Crippen molar-refractivity contribution in [3.05, 3.63) is 98.5 Å². The zero-order valence-corrected chi connectivity index (χ0v) is 18.3. The molecule has 3 aromatic rings. The van der Waals surface area contributed by atoms with Gasteiger partial charge in [-0.2, -0.15) is 0 Å². The van der Waals surface area contributed by atoms with Crippen LogP contribution in [0.5, 0.6) is 0 Å². The van der Waals surface area contributed by atoms with Gasteiger partial charge in [-0.05, 0) is 42.0 Å². The van der Waals surface area contributed by atoms with E-state index in [9.17, 15) is 19.7 Å². The number of halogens is 2. The molecular formula is C23H15Cl2N3O5. The number of imide groups is 1. The van der Waals surface area contributed by atoms with E-state index in [1.165, 1.54) is 23.3 Å². The molecule has 2 aliphatic rings. The van der Waals surface area contributed by atoms with Gasteiger partial charge in [0.05, 0.1) is 22.3 Å². The SMILES string of the molecule is O=C1[C@@H]2[C@@H](c3ccccc3Cl)N(c3cccc([N+](=O)[O-])c3)O[C@H]2C(=O)N1c1ccc(Cl)cc1. The van der Waals surface area contributed by atoms with Crippen LogP contribution in [0.3, 0.4) is 0 Å². The van der Waals surface area contributed by atoms with Crippen LogP contribution in [-0.2, 0) is 14.4 Å². The molecule has 5 rings (SSSR count). The number of nitrogens with zero attached hydrogens (tertiary/aromatic N) is 3. The first-order chi connectivity index (χ1) is 15.9. The second kappa shape index (κ2) is 8.15. The molecular weight excluding hydrogens is 469 g/mol. The lowest BCUT2D eigenvalue weighted by Crippen LogP contribution is -2.37. The van der Waals surface area contributed by atoms with Crippen LogP contribution >= 0.6 is 23.2 Å². The Balaban J connectivity index is 1.61. The summed E-state index contributed by atoms with van der Waals surface area (Å²) in [6.07, 6.45) is -1.12. The van der Waals surface area contributed by atoms with Crippen molar-refractivity contribution >= 4 is 52.1 Å². The summed E-state index contributed by atoms with van der Waals surface area (Å²) in [5.41, 5.74) is 1.14. The minimum atomic E-state index is -1.12. The topological polar surface area (TPSA) is 93.0 Å². The maximum atomic E-state index is 13.5. The Hall–Kier alpha value is -3.46. The highest BCUT2D eigenvalue weighted by atomic mass is 35.5. The van der Waals surface area contributed by atoms with Crippen LogP contribution in [0, 0.1) is 16.0 Å². The molecule has 2 amide bonds. The molecule has 2 saturated heterocycles. The summed E-state index contributed by atoms with van der Waals surface area (Å²) in [7, 11) is 0. The minimum absolute atomic E-state index is 0.147. The maximum Gasteiger partial charge on any atom is 0.271 e. The number of fused-ring (bicyclic) bond motifs is 1. The average molecular weight is 484 g/mol. The van der Waals surface area contributed by atoms with Gasteiger partial charge in [-0.25, -0.2) is 9.96 Å². The van der Waals surface area contributed by atoms with Crippen LogP contribution in [-0.4, -0.2) is 22.8 Å². The van der Waals surface area contributed by atoms with Crippen molar-refractivity contribution in [1.82, 2.24) is 0 Å². The van der Waals surface area contributed by atoms with E-state index in [-0.39, 0.29) is 5.69 Å². The quantitative estimate of drug-likeness (QED) is 0.296. The Morgan fingerprint density at radius 1 is 0.879 bits per heavy atom. The number of amides is 2. The van der Waals surface area contributed by atoms with Crippen molar-refractivity contribution < 1.29 is 19.3 Å². The van der Waals surface area contributed by atoms with Crippen molar-refractivity contribution in [3.63, 3.8) is 0 Å². The number of benzene rings is 3. The Morgan fingerprint density at radius 2 is 1.61 bits per heavy atom. The largest absolute Gasteiger partial charge is 0.273 e. The molecule has 2 heterocycles. The molecule has 0 unspecified atom stereocenters. The lowest BCUT2D eigenvalue weighted by molar-refractivity contribution is -0.384. The van der Waals surface area contributed by atoms with Crippen molar-refractivity contribution in [2.75, 3.05) is 9.96 Å². The number of nitro groups is 1. The number of hydrogen-bond donors (Lipinski definition) is 0. The zero-order chi connectivity index (χ0) is 23.3. The van der Waals surface area contributed by atoms with E-state index in [1.54, 1.807) is 54.6 Å². The van der Waals surface area contributed by atoms with E-state index in [0.717, 1.165) is 4.90 Å². The van der Waals surface area contributed by atoms with Gasteiger partial charge in [0.1, 0.15) is 5.92 Å². The number of carbonyl (C=O) groups is 2. The number of anilines is 2. The molecule has 2 fully saturated rings. The summed E-state index contributed by atoms with van der Waals surface area (Å²) < 4.78 is 0. The van der Waals surface area contributed by atoms with Gasteiger partial charge in [-0.1, -0.05) is 47.5 Å². The summed E-state index contributed by atoms with van der Waals surface area (Å²) in [4.78, 5) is 44.7. The lowest BCUT2D eigenvalue weighted by atomic mass is 9.90. The van der Waals surface area contributed by atoms with Crippen LogP contribution in [0.2, 0.25) is 10.0 Å². The first-order valence-electron chi connectivity index (χ1n) is 9.95. The summed E-state index contributed by atoms with van der Waals surface area (Å²) in [5.74, 6) is -1.89. The fourth-order valence-corrected chi connectivity index (χ4v) is 4.63. The lowest BCUT2D eigenvalue weighted by Gasteiger charge is -2.29. The van der Waals surface area contributed by atoms with Gasteiger partial charge in [0.25, 0.3) is 11.6 Å². The highest BCUT2D eigenvalue weighted by Crippen LogP contribution is 2.49. The molecule has 0 spiro atoms. The molecule has 8 nitrogen and oxygen atoms in total. The molecule has 3 atom stereocenters. The highest BCUT2D eigenvalue weighted by molar-refractivity contribution is 6.32. The smallest absolute Gasteiger partial charge is 0.271 e. The minimum Gasteiger partial charge on any atom is -0.273 e. The second-order valence-corrected chi connectivity index (χ2v) is 8.45. The van der Waals surface area contributed by atoms with Crippen molar-refractivity contribution in [1.29, 1.82) is 0 Å². The molecule has 0 saturated carbocycles. The van der Waals surface area contributed by atoms with Crippen LogP contribution in [0.4, 0.5) is 17.1 Å². The van der Waals surface area contributed by atoms with Gasteiger partial charge in [-0.3, -0.25) is 24.5 Å². The van der Waals surface area contributed by atoms with E-state index in [0.29, 0.717) is 27.0 Å². The molecule has 3 aromatic carbocycles. The van der Waals surface area contributed by atoms with Gasteiger partial charge in [0, 0.05) is 22.2 Å². The summed E-state index contributed by atoms with van der Waals surface area (Å²) in [5, 5.41) is 13.5. The predicted octanol–water partition coefficient (Wildman–Crippen LogP) is 4.95. The predicted molar refractivity (Wildman–Crippen MR) is 122 cm³/mol. The van der Waals surface area contributed by atoms with Crippen LogP contribution in [0.25, 0.3) is 0 Å². The molecule has 0 aliphatic carbocycles. The fraction of sp³-hybridized carbons (Fsp3) is 0.130. The van der Waals surface area contributed by atoms with Gasteiger partial charge >= 0.3 is 0 Å². The van der Waals surface area contributed by atoms with E-state index in [2.05, 4.69) is 0 Å². The summed E-state index contributed by atoms with van der Waals surface area (Å²) in [6, 6.07) is 18.3. The number of hydrogen-bond acceptors (Lipinski definition) is 6. The second-order valence-electron chi connectivity index (χ2n) is 7.61. The first-order valence-corrected chi connectivity index (χ1v) is 10.7. The molecule has 10 heteroatoms. The van der Waals surface area contributed by atoms with Crippen molar-refractivity contribution in [2.45, 2.75) is 12.1 Å². The molecule has 0 aromatic heterocycles. The standard InChI is InChI=1S/C23H15Cl2N3O5/c24-13-8-10-14(11-9-13)26-22(29)19-20(17-6-1-2-7-18(17)25)27(33-21(19)23(26)30)15-4-3-5-16(12-15)28(31)32/h1-12,19-21H/t19-,20-,21-/m1/s1. The third-order valence-corrected chi connectivity index (χ3v) is 6.32. The van der Waals surface area contributed by atoms with Crippen molar-refractivity contribution in [2.24, 2.45) is 5.92 Å². The van der Waals surface area contributed by atoms with E-state index in [4.69, 9.17) is 28.0 Å². The van der Waals surface area contributed by atoms with E-state index in [1.807, 2.05) is 0 Å². The molecule has 2 aliphatic heterocycles. The fourth-order valence-electron chi connectivity index (χ4n) is 4.26. The summed E-state index contributed by atoms with van der Waals surface area (Å²) >= 11 is 12.4. The number of rotatable bonds is 4. The Labute approximate surface area is 198 Å². The number of nitro benzene ring substituents is 1. The molecule has 0 radical (unpaired) electrons. The van der Waals surface area contributed by atoms with Gasteiger partial charge in [0.15, 0.2) is 6.10 Å². The number of hydroxylamine groups is 1. The van der Waals surface area contributed by atoms with E-state index >= 15 is 0 Å². The molecule has 0 bridgehead atoms. The average Bonchev–Trinajstić information content (AvgIpc) is 3.31. The molecule has 0 N–H and O–H groups in total. The van der Waals surface area contributed by atoms with Gasteiger partial charge in [0.2, 0.25) is 5.91 Å². The van der Waals surface area contributed by atoms with Crippen molar-refractivity contribution in [3.8, 4) is 0 Å². The van der Waals surface area contributed by atoms with E-state index < -0.39 is 34.8 Å². The maximum absolute atomic E-state index is 13.5. The molecule has 33 heavy (non-hydrogen) atoms. The van der Waals surface area contributed by atoms with Gasteiger partial charge < -0.3 is 0 Å². The highest BCUT2D eigenvalue weighted by Gasteiger charge is 2.60. The third kappa shape index (κ3) is 3.52. The first kappa shape index (κ1) is 21.4. The Morgan fingerprint density at radius 3 is 2.30 bits per heavy atom. The Kier molecular flexibility index (Phi) is 5.28. The van der Waals surface area contributed by atoms with Crippen LogP contribution in [0.15, 0.2) is 72.8 Å². The number of non-ortho nitro benzene ring substituents is 1.